The van der Waals surface area contributed by atoms with Gasteiger partial charge in [0.2, 0.25) is 0 Å². The van der Waals surface area contributed by atoms with Crippen LogP contribution in [-0.4, -0.2) is 37.0 Å². The third-order valence-electron chi connectivity index (χ3n) is 1.86. The van der Waals surface area contributed by atoms with Gasteiger partial charge in [-0.25, -0.2) is 0 Å². The van der Waals surface area contributed by atoms with Crippen LogP contribution in [0.2, 0.25) is 0 Å². The third kappa shape index (κ3) is 7.74. The van der Waals surface area contributed by atoms with Crippen LogP contribution in [0.3, 0.4) is 0 Å². The highest BCUT2D eigenvalue weighted by Gasteiger charge is 2.15. The van der Waals surface area contributed by atoms with E-state index in [4.69, 9.17) is 14.6 Å². The summed E-state index contributed by atoms with van der Waals surface area (Å²) in [5, 5.41) is 8.31. The van der Waals surface area contributed by atoms with Gasteiger partial charge in [-0.05, 0) is 20.3 Å². The van der Waals surface area contributed by atoms with Gasteiger partial charge in [-0.15, -0.1) is 0 Å². The summed E-state index contributed by atoms with van der Waals surface area (Å²) in [5.41, 5.74) is -0.191. The zero-order valence-corrected chi connectivity index (χ0v) is 8.50. The van der Waals surface area contributed by atoms with Crippen LogP contribution in [-0.2, 0) is 14.3 Å². The average Bonchev–Trinajstić information content (AvgIpc) is 2.03. The molecule has 0 aliphatic heterocycles. The Labute approximate surface area is 78.8 Å². The van der Waals surface area contributed by atoms with Crippen molar-refractivity contribution in [3.05, 3.63) is 0 Å². The molecule has 0 unspecified atom stereocenters. The lowest BCUT2D eigenvalue weighted by Gasteiger charge is -2.22. The minimum absolute atomic E-state index is 0.0629. The van der Waals surface area contributed by atoms with Gasteiger partial charge in [0.05, 0.1) is 18.6 Å². The first-order chi connectivity index (χ1) is 5.98. The third-order valence-corrected chi connectivity index (χ3v) is 1.86. The van der Waals surface area contributed by atoms with E-state index in [-0.39, 0.29) is 18.6 Å². The molecule has 0 aromatic carbocycles. The van der Waals surface area contributed by atoms with Gasteiger partial charge in [0, 0.05) is 13.7 Å². The Bertz CT molecular complexity index is 154. The van der Waals surface area contributed by atoms with E-state index in [1.807, 2.05) is 13.8 Å². The summed E-state index contributed by atoms with van der Waals surface area (Å²) in [5.74, 6) is -0.828. The fourth-order valence-electron chi connectivity index (χ4n) is 0.682. The highest BCUT2D eigenvalue weighted by molar-refractivity contribution is 5.66. The molecule has 13 heavy (non-hydrogen) atoms. The number of carbonyl (C=O) groups is 1. The van der Waals surface area contributed by atoms with Gasteiger partial charge in [-0.2, -0.15) is 0 Å². The van der Waals surface area contributed by atoms with Crippen LogP contribution >= 0.6 is 0 Å². The van der Waals surface area contributed by atoms with Crippen molar-refractivity contribution in [2.24, 2.45) is 0 Å². The summed E-state index contributed by atoms with van der Waals surface area (Å²) in [6.45, 7) is 4.74. The van der Waals surface area contributed by atoms with Crippen LogP contribution in [0.5, 0.6) is 0 Å². The second kappa shape index (κ2) is 5.94. The predicted molar refractivity (Wildman–Crippen MR) is 48.8 cm³/mol. The van der Waals surface area contributed by atoms with Crippen molar-refractivity contribution < 1.29 is 19.4 Å². The maximum atomic E-state index is 10.1. The molecule has 78 valence electrons. The van der Waals surface area contributed by atoms with Gasteiger partial charge in [0.15, 0.2) is 0 Å². The summed E-state index contributed by atoms with van der Waals surface area (Å²) in [6.07, 6.45) is 0.830. The minimum Gasteiger partial charge on any atom is -0.481 e. The Morgan fingerprint density at radius 2 is 2.00 bits per heavy atom. The molecule has 0 heterocycles. The number of hydrogen-bond donors (Lipinski definition) is 1. The molecule has 0 saturated heterocycles. The fourth-order valence-corrected chi connectivity index (χ4v) is 0.682. The van der Waals surface area contributed by atoms with E-state index in [0.717, 1.165) is 6.42 Å². The largest absolute Gasteiger partial charge is 0.481 e. The van der Waals surface area contributed by atoms with Crippen LogP contribution in [0, 0.1) is 0 Å². The van der Waals surface area contributed by atoms with Gasteiger partial charge in [0.25, 0.3) is 0 Å². The maximum Gasteiger partial charge on any atom is 0.305 e. The van der Waals surface area contributed by atoms with E-state index in [0.29, 0.717) is 6.61 Å². The van der Waals surface area contributed by atoms with Gasteiger partial charge in [0.1, 0.15) is 0 Å². The van der Waals surface area contributed by atoms with Crippen LogP contribution in [0.1, 0.15) is 26.7 Å². The lowest BCUT2D eigenvalue weighted by Crippen LogP contribution is -2.24. The number of hydrogen-bond acceptors (Lipinski definition) is 3. The van der Waals surface area contributed by atoms with E-state index < -0.39 is 5.97 Å². The summed E-state index contributed by atoms with van der Waals surface area (Å²) >= 11 is 0. The van der Waals surface area contributed by atoms with Crippen LogP contribution < -0.4 is 0 Å². The number of carboxylic acids is 1. The average molecular weight is 190 g/mol. The number of aliphatic carboxylic acids is 1. The lowest BCUT2D eigenvalue weighted by atomic mass is 10.1. The van der Waals surface area contributed by atoms with Crippen molar-refractivity contribution in [3.8, 4) is 0 Å². The molecular weight excluding hydrogens is 172 g/mol. The first-order valence-electron chi connectivity index (χ1n) is 4.32. The van der Waals surface area contributed by atoms with E-state index in [2.05, 4.69) is 0 Å². The van der Waals surface area contributed by atoms with Crippen molar-refractivity contribution >= 4 is 5.97 Å². The first kappa shape index (κ1) is 12.4. The molecule has 0 aliphatic carbocycles. The summed E-state index contributed by atoms with van der Waals surface area (Å²) in [7, 11) is 1.65. The van der Waals surface area contributed by atoms with E-state index in [1.54, 1.807) is 7.11 Å². The molecule has 0 rings (SSSR count). The van der Waals surface area contributed by atoms with Crippen molar-refractivity contribution in [2.45, 2.75) is 32.3 Å². The van der Waals surface area contributed by atoms with Crippen LogP contribution in [0.4, 0.5) is 0 Å². The molecule has 0 aromatic rings. The van der Waals surface area contributed by atoms with Crippen LogP contribution in [0.15, 0.2) is 0 Å². The summed E-state index contributed by atoms with van der Waals surface area (Å²) in [4.78, 5) is 10.1. The molecule has 0 bridgehead atoms. The van der Waals surface area contributed by atoms with Gasteiger partial charge in [-0.3, -0.25) is 4.79 Å². The quantitative estimate of drug-likeness (QED) is 0.615. The van der Waals surface area contributed by atoms with Gasteiger partial charge >= 0.3 is 5.97 Å². The lowest BCUT2D eigenvalue weighted by molar-refractivity contribution is -0.138. The highest BCUT2D eigenvalue weighted by Crippen LogP contribution is 2.12. The topological polar surface area (TPSA) is 55.8 Å². The number of carboxylic acid groups (broad SMARTS) is 1. The molecule has 0 aliphatic rings. The van der Waals surface area contributed by atoms with E-state index in [9.17, 15) is 4.79 Å². The Morgan fingerprint density at radius 3 is 2.46 bits per heavy atom. The van der Waals surface area contributed by atoms with Crippen LogP contribution in [0.25, 0.3) is 0 Å². The summed E-state index contributed by atoms with van der Waals surface area (Å²) < 4.78 is 10.3. The second-order valence-corrected chi connectivity index (χ2v) is 3.47. The van der Waals surface area contributed by atoms with Crippen molar-refractivity contribution in [1.29, 1.82) is 0 Å². The van der Waals surface area contributed by atoms with Crippen molar-refractivity contribution in [3.63, 3.8) is 0 Å². The molecule has 0 amide bonds. The number of ether oxygens (including phenoxy) is 2. The molecular formula is C9H18O4. The standard InChI is InChI=1S/C9H18O4/c1-9(2,12-3)5-7-13-6-4-8(10)11/h4-7H2,1-3H3,(H,10,11). The molecule has 0 radical (unpaired) electrons. The molecule has 0 spiro atoms. The predicted octanol–water partition coefficient (Wildman–Crippen LogP) is 1.29. The summed E-state index contributed by atoms with van der Waals surface area (Å²) in [6, 6.07) is 0. The first-order valence-corrected chi connectivity index (χ1v) is 4.32. The second-order valence-electron chi connectivity index (χ2n) is 3.47. The van der Waals surface area contributed by atoms with Gasteiger partial charge in [-0.1, -0.05) is 0 Å². The molecule has 1 N–H and O–H groups in total. The van der Waals surface area contributed by atoms with E-state index in [1.165, 1.54) is 0 Å². The van der Waals surface area contributed by atoms with Gasteiger partial charge < -0.3 is 14.6 Å². The highest BCUT2D eigenvalue weighted by atomic mass is 16.5. The SMILES string of the molecule is COC(C)(C)CCOCCC(=O)O. The molecule has 0 fully saturated rings. The molecule has 0 saturated carbocycles. The normalized spacial score (nSPS) is 11.6. The van der Waals surface area contributed by atoms with Crippen molar-refractivity contribution in [2.75, 3.05) is 20.3 Å². The molecule has 4 heteroatoms. The fraction of sp³-hybridized carbons (Fsp3) is 0.889. The van der Waals surface area contributed by atoms with E-state index >= 15 is 0 Å². The minimum atomic E-state index is -0.828. The monoisotopic (exact) mass is 190 g/mol. The molecule has 0 atom stereocenters. The number of rotatable bonds is 7. The van der Waals surface area contributed by atoms with Crippen molar-refractivity contribution in [1.82, 2.24) is 0 Å². The Kier molecular flexibility index (Phi) is 5.66. The number of methoxy groups -OCH3 is 1. The zero-order chi connectivity index (χ0) is 10.3. The Morgan fingerprint density at radius 1 is 1.38 bits per heavy atom. The molecule has 4 nitrogen and oxygen atoms in total. The zero-order valence-electron chi connectivity index (χ0n) is 8.50. The molecule has 0 aromatic heterocycles. The Hall–Kier alpha value is -0.610. The maximum absolute atomic E-state index is 10.1. The smallest absolute Gasteiger partial charge is 0.305 e. The Balaban J connectivity index is 3.30.